The smallest absolute Gasteiger partial charge is 0.307 e. The molecule has 2 aromatic rings. The first-order valence-corrected chi connectivity index (χ1v) is 9.21. The normalized spacial score (nSPS) is 11.8. The number of ketones is 1. The van der Waals surface area contributed by atoms with Gasteiger partial charge in [0.25, 0.3) is 5.91 Å². The van der Waals surface area contributed by atoms with Crippen LogP contribution in [-0.4, -0.2) is 33.5 Å². The molecule has 1 atom stereocenters. The van der Waals surface area contributed by atoms with E-state index in [4.69, 9.17) is 4.74 Å². The van der Waals surface area contributed by atoms with Crippen molar-refractivity contribution in [1.82, 2.24) is 9.78 Å². The van der Waals surface area contributed by atoms with Gasteiger partial charge in [0, 0.05) is 19.0 Å². The first-order valence-electron chi connectivity index (χ1n) is 9.21. The predicted molar refractivity (Wildman–Crippen MR) is 106 cm³/mol. The van der Waals surface area contributed by atoms with Crippen LogP contribution in [0.2, 0.25) is 0 Å². The lowest BCUT2D eigenvalue weighted by Gasteiger charge is -2.13. The molecule has 2 rings (SSSR count). The molecule has 0 aliphatic rings. The molecule has 1 N–H and O–H groups in total. The number of rotatable bonds is 7. The number of aryl methyl sites for hydroxylation is 4. The molecule has 7 heteroatoms. The van der Waals surface area contributed by atoms with Crippen LogP contribution >= 0.6 is 0 Å². The van der Waals surface area contributed by atoms with E-state index in [1.165, 1.54) is 6.92 Å². The lowest BCUT2D eigenvalue weighted by atomic mass is 10.0. The topological polar surface area (TPSA) is 90.3 Å². The summed E-state index contributed by atoms with van der Waals surface area (Å²) in [5, 5.41) is 6.97. The summed E-state index contributed by atoms with van der Waals surface area (Å²) < 4.78 is 6.84. The van der Waals surface area contributed by atoms with Crippen LogP contribution in [0.1, 0.15) is 52.6 Å². The number of amides is 1. The number of esters is 1. The summed E-state index contributed by atoms with van der Waals surface area (Å²) in [7, 11) is 1.79. The second-order valence-corrected chi connectivity index (χ2v) is 7.01. The third-order valence-electron chi connectivity index (χ3n) is 4.82. The standard InChI is InChI=1S/C21H27N3O4/c1-12-7-8-17(11-13(12)2)18(25)9-10-19(26)28-16(5)21(27)22-20-14(3)23-24(6)15(20)4/h7-8,11,16H,9-10H2,1-6H3,(H,22,27)/t16-/m0/s1. The van der Waals surface area contributed by atoms with Crippen molar-refractivity contribution in [2.24, 2.45) is 7.05 Å². The highest BCUT2D eigenvalue weighted by Crippen LogP contribution is 2.19. The SMILES string of the molecule is Cc1ccc(C(=O)CCC(=O)O[C@@H](C)C(=O)Nc2c(C)nn(C)c2C)cc1C. The van der Waals surface area contributed by atoms with Crippen LogP contribution in [0.3, 0.4) is 0 Å². The molecule has 0 unspecified atom stereocenters. The van der Waals surface area contributed by atoms with Gasteiger partial charge < -0.3 is 10.1 Å². The van der Waals surface area contributed by atoms with Gasteiger partial charge in [-0.05, 0) is 51.8 Å². The Hall–Kier alpha value is -2.96. The van der Waals surface area contributed by atoms with Crippen LogP contribution < -0.4 is 5.32 Å². The minimum atomic E-state index is -0.969. The van der Waals surface area contributed by atoms with Gasteiger partial charge in [0.15, 0.2) is 11.9 Å². The maximum atomic E-state index is 12.3. The summed E-state index contributed by atoms with van der Waals surface area (Å²) in [6, 6.07) is 5.46. The predicted octanol–water partition coefficient (Wildman–Crippen LogP) is 3.19. The van der Waals surface area contributed by atoms with Gasteiger partial charge in [0.2, 0.25) is 0 Å². The fraction of sp³-hybridized carbons (Fsp3) is 0.429. The lowest BCUT2D eigenvalue weighted by Crippen LogP contribution is -2.30. The number of nitrogens with one attached hydrogen (secondary N) is 1. The first-order chi connectivity index (χ1) is 13.1. The van der Waals surface area contributed by atoms with Crippen molar-refractivity contribution in [3.8, 4) is 0 Å². The van der Waals surface area contributed by atoms with E-state index >= 15 is 0 Å². The monoisotopic (exact) mass is 385 g/mol. The fourth-order valence-corrected chi connectivity index (χ4v) is 2.76. The van der Waals surface area contributed by atoms with Crippen LogP contribution in [-0.2, 0) is 21.4 Å². The number of hydrogen-bond donors (Lipinski definition) is 1. The molecule has 0 spiro atoms. The van der Waals surface area contributed by atoms with Crippen molar-refractivity contribution in [3.05, 3.63) is 46.3 Å². The van der Waals surface area contributed by atoms with Crippen molar-refractivity contribution in [3.63, 3.8) is 0 Å². The van der Waals surface area contributed by atoms with Crippen molar-refractivity contribution in [2.45, 2.75) is 53.6 Å². The number of aromatic nitrogens is 2. The second-order valence-electron chi connectivity index (χ2n) is 7.01. The van der Waals surface area contributed by atoms with Crippen LogP contribution in [0, 0.1) is 27.7 Å². The summed E-state index contributed by atoms with van der Waals surface area (Å²) in [5.41, 5.74) is 4.81. The highest BCUT2D eigenvalue weighted by Gasteiger charge is 2.21. The van der Waals surface area contributed by atoms with Crippen molar-refractivity contribution < 1.29 is 19.1 Å². The Bertz CT molecular complexity index is 915. The van der Waals surface area contributed by atoms with E-state index in [0.29, 0.717) is 16.9 Å². The van der Waals surface area contributed by atoms with Gasteiger partial charge >= 0.3 is 5.97 Å². The van der Waals surface area contributed by atoms with Crippen LogP contribution in [0.15, 0.2) is 18.2 Å². The number of carbonyl (C=O) groups is 3. The first kappa shape index (κ1) is 21.3. The minimum Gasteiger partial charge on any atom is -0.453 e. The van der Waals surface area contributed by atoms with Crippen molar-refractivity contribution in [2.75, 3.05) is 5.32 Å². The summed E-state index contributed by atoms with van der Waals surface area (Å²) in [5.74, 6) is -1.15. The van der Waals surface area contributed by atoms with Crippen LogP contribution in [0.25, 0.3) is 0 Å². The van der Waals surface area contributed by atoms with Gasteiger partial charge in [-0.1, -0.05) is 12.1 Å². The third kappa shape index (κ3) is 5.06. The Morgan fingerprint density at radius 3 is 2.36 bits per heavy atom. The Kier molecular flexibility index (Phi) is 6.72. The van der Waals surface area contributed by atoms with Gasteiger partial charge in [-0.25, -0.2) is 0 Å². The van der Waals surface area contributed by atoms with Gasteiger partial charge in [0.1, 0.15) is 0 Å². The van der Waals surface area contributed by atoms with E-state index < -0.39 is 18.0 Å². The summed E-state index contributed by atoms with van der Waals surface area (Å²) in [4.78, 5) is 36.6. The third-order valence-corrected chi connectivity index (χ3v) is 4.82. The molecule has 1 amide bonds. The maximum Gasteiger partial charge on any atom is 0.307 e. The molecule has 1 aromatic carbocycles. The molecule has 1 aromatic heterocycles. The quantitative estimate of drug-likeness (QED) is 0.584. The molecular formula is C21H27N3O4. The Labute approximate surface area is 165 Å². The Morgan fingerprint density at radius 2 is 1.79 bits per heavy atom. The zero-order chi connectivity index (χ0) is 21.0. The van der Waals surface area contributed by atoms with Gasteiger partial charge in [-0.3, -0.25) is 19.1 Å². The lowest BCUT2D eigenvalue weighted by molar-refractivity contribution is -0.153. The zero-order valence-electron chi connectivity index (χ0n) is 17.3. The van der Waals surface area contributed by atoms with E-state index in [-0.39, 0.29) is 18.6 Å². The van der Waals surface area contributed by atoms with Gasteiger partial charge in [-0.15, -0.1) is 0 Å². The largest absolute Gasteiger partial charge is 0.453 e. The molecule has 0 aliphatic heterocycles. The van der Waals surface area contributed by atoms with Crippen LogP contribution in [0.5, 0.6) is 0 Å². The molecule has 28 heavy (non-hydrogen) atoms. The van der Waals surface area contributed by atoms with E-state index in [2.05, 4.69) is 10.4 Å². The Balaban J connectivity index is 1.87. The Morgan fingerprint density at radius 1 is 1.11 bits per heavy atom. The number of nitrogens with zero attached hydrogens (tertiary/aromatic N) is 2. The van der Waals surface area contributed by atoms with Gasteiger partial charge in [0.05, 0.1) is 23.5 Å². The van der Waals surface area contributed by atoms with Crippen molar-refractivity contribution >= 4 is 23.3 Å². The molecule has 0 bridgehead atoms. The molecular weight excluding hydrogens is 358 g/mol. The van der Waals surface area contributed by atoms with E-state index in [1.807, 2.05) is 32.9 Å². The molecule has 1 heterocycles. The van der Waals surface area contributed by atoms with Crippen molar-refractivity contribution in [1.29, 1.82) is 0 Å². The molecule has 0 saturated heterocycles. The summed E-state index contributed by atoms with van der Waals surface area (Å²) >= 11 is 0. The summed E-state index contributed by atoms with van der Waals surface area (Å²) in [6.45, 7) is 9.04. The number of anilines is 1. The number of carbonyl (C=O) groups excluding carboxylic acids is 3. The van der Waals surface area contributed by atoms with E-state index in [0.717, 1.165) is 16.8 Å². The number of Topliss-reactive ketones (excluding diaryl/α,β-unsaturated/α-hetero) is 1. The fourth-order valence-electron chi connectivity index (χ4n) is 2.76. The second kappa shape index (κ2) is 8.82. The molecule has 0 fully saturated rings. The van der Waals surface area contributed by atoms with E-state index in [9.17, 15) is 14.4 Å². The maximum absolute atomic E-state index is 12.3. The molecule has 0 radical (unpaired) electrons. The molecule has 150 valence electrons. The van der Waals surface area contributed by atoms with Gasteiger partial charge in [-0.2, -0.15) is 5.10 Å². The average molecular weight is 385 g/mol. The number of benzene rings is 1. The summed E-state index contributed by atoms with van der Waals surface area (Å²) in [6.07, 6.45) is -1.01. The number of hydrogen-bond acceptors (Lipinski definition) is 5. The molecule has 7 nitrogen and oxygen atoms in total. The zero-order valence-corrected chi connectivity index (χ0v) is 17.3. The van der Waals surface area contributed by atoms with Crippen LogP contribution in [0.4, 0.5) is 5.69 Å². The average Bonchev–Trinajstić information content (AvgIpc) is 2.87. The number of ether oxygens (including phenoxy) is 1. The van der Waals surface area contributed by atoms with E-state index in [1.54, 1.807) is 24.7 Å². The minimum absolute atomic E-state index is 0.0382. The highest BCUT2D eigenvalue weighted by molar-refractivity contribution is 5.98. The molecule has 0 aliphatic carbocycles. The molecule has 0 saturated carbocycles. The highest BCUT2D eigenvalue weighted by atomic mass is 16.5.